The fourth-order valence-electron chi connectivity index (χ4n) is 2.33. The highest BCUT2D eigenvalue weighted by Gasteiger charge is 2.17. The van der Waals surface area contributed by atoms with Gasteiger partial charge in [-0.25, -0.2) is 0 Å². The molecule has 0 aromatic carbocycles. The van der Waals surface area contributed by atoms with Crippen molar-refractivity contribution < 1.29 is 4.74 Å². The van der Waals surface area contributed by atoms with Gasteiger partial charge in [0.05, 0.1) is 13.3 Å². The summed E-state index contributed by atoms with van der Waals surface area (Å²) in [5.74, 6) is 1.83. The van der Waals surface area contributed by atoms with Crippen LogP contribution in [0, 0.1) is 0 Å². The second kappa shape index (κ2) is 4.33. The highest BCUT2D eigenvalue weighted by Crippen LogP contribution is 2.15. The van der Waals surface area contributed by atoms with Crippen LogP contribution in [0.4, 0.5) is 0 Å². The number of nitrogens with one attached hydrogen (secondary N) is 1. The van der Waals surface area contributed by atoms with Crippen molar-refractivity contribution in [2.45, 2.75) is 25.3 Å². The zero-order chi connectivity index (χ0) is 11.7. The zero-order valence-corrected chi connectivity index (χ0v) is 9.89. The molecule has 0 aliphatic carbocycles. The number of fused-ring (bicyclic) bond motifs is 1. The molecule has 1 aliphatic heterocycles. The molecule has 0 spiro atoms. The summed E-state index contributed by atoms with van der Waals surface area (Å²) < 4.78 is 7.24. The molecule has 3 heterocycles. The third kappa shape index (κ3) is 1.98. The molecule has 5 nitrogen and oxygen atoms in total. The van der Waals surface area contributed by atoms with Gasteiger partial charge in [-0.05, 0) is 31.5 Å². The molecular weight excluding hydrogens is 216 g/mol. The molecule has 90 valence electrons. The van der Waals surface area contributed by atoms with Crippen LogP contribution in [-0.2, 0) is 6.42 Å². The number of nitrogens with zero attached hydrogens (tertiary/aromatic N) is 3. The zero-order valence-electron chi connectivity index (χ0n) is 9.89. The summed E-state index contributed by atoms with van der Waals surface area (Å²) in [7, 11) is 1.67. The molecular formula is C12H16N4O. The third-order valence-electron chi connectivity index (χ3n) is 3.27. The SMILES string of the molecule is COc1ccc2nnc(CC3CCCN3)n2c1. The second-order valence-electron chi connectivity index (χ2n) is 4.41. The molecule has 1 unspecified atom stereocenters. The normalized spacial score (nSPS) is 19.9. The van der Waals surface area contributed by atoms with Gasteiger partial charge >= 0.3 is 0 Å². The van der Waals surface area contributed by atoms with E-state index in [2.05, 4.69) is 15.5 Å². The minimum Gasteiger partial charge on any atom is -0.495 e. The van der Waals surface area contributed by atoms with E-state index >= 15 is 0 Å². The Balaban J connectivity index is 1.92. The monoisotopic (exact) mass is 232 g/mol. The van der Waals surface area contributed by atoms with Gasteiger partial charge in [-0.1, -0.05) is 0 Å². The first-order valence-corrected chi connectivity index (χ1v) is 5.98. The van der Waals surface area contributed by atoms with E-state index in [0.717, 1.165) is 30.2 Å². The number of hydrogen-bond donors (Lipinski definition) is 1. The molecule has 17 heavy (non-hydrogen) atoms. The third-order valence-corrected chi connectivity index (χ3v) is 3.27. The van der Waals surface area contributed by atoms with Crippen LogP contribution >= 0.6 is 0 Å². The molecule has 2 aromatic rings. The Hall–Kier alpha value is -1.62. The second-order valence-corrected chi connectivity index (χ2v) is 4.41. The molecule has 1 fully saturated rings. The van der Waals surface area contributed by atoms with E-state index in [1.54, 1.807) is 7.11 Å². The molecule has 2 aromatic heterocycles. The van der Waals surface area contributed by atoms with Crippen LogP contribution in [0.3, 0.4) is 0 Å². The van der Waals surface area contributed by atoms with Crippen molar-refractivity contribution >= 4 is 5.65 Å². The average molecular weight is 232 g/mol. The van der Waals surface area contributed by atoms with E-state index in [1.807, 2.05) is 22.7 Å². The van der Waals surface area contributed by atoms with Crippen molar-refractivity contribution in [3.8, 4) is 5.75 Å². The van der Waals surface area contributed by atoms with Crippen molar-refractivity contribution in [3.63, 3.8) is 0 Å². The highest BCUT2D eigenvalue weighted by atomic mass is 16.5. The summed E-state index contributed by atoms with van der Waals surface area (Å²) in [5.41, 5.74) is 0.874. The predicted octanol–water partition coefficient (Wildman–Crippen LogP) is 1.03. The Morgan fingerprint density at radius 3 is 3.18 bits per heavy atom. The lowest BCUT2D eigenvalue weighted by molar-refractivity contribution is 0.412. The largest absolute Gasteiger partial charge is 0.495 e. The number of rotatable bonds is 3. The molecule has 5 heteroatoms. The van der Waals surface area contributed by atoms with Gasteiger partial charge in [0.2, 0.25) is 0 Å². The number of hydrogen-bond acceptors (Lipinski definition) is 4. The van der Waals surface area contributed by atoms with E-state index in [9.17, 15) is 0 Å². The topological polar surface area (TPSA) is 51.5 Å². The lowest BCUT2D eigenvalue weighted by atomic mass is 10.1. The van der Waals surface area contributed by atoms with Crippen molar-refractivity contribution in [1.29, 1.82) is 0 Å². The van der Waals surface area contributed by atoms with Crippen LogP contribution in [0.5, 0.6) is 5.75 Å². The van der Waals surface area contributed by atoms with Crippen LogP contribution in [0.1, 0.15) is 18.7 Å². The van der Waals surface area contributed by atoms with E-state index in [4.69, 9.17) is 4.74 Å². The lowest BCUT2D eigenvalue weighted by Crippen LogP contribution is -2.24. The van der Waals surface area contributed by atoms with E-state index in [0.29, 0.717) is 6.04 Å². The molecule has 0 bridgehead atoms. The average Bonchev–Trinajstić information content (AvgIpc) is 2.99. The van der Waals surface area contributed by atoms with Crippen LogP contribution < -0.4 is 10.1 Å². The molecule has 0 amide bonds. The van der Waals surface area contributed by atoms with Gasteiger partial charge in [0, 0.05) is 12.5 Å². The maximum Gasteiger partial charge on any atom is 0.161 e. The van der Waals surface area contributed by atoms with Gasteiger partial charge in [-0.15, -0.1) is 10.2 Å². The number of methoxy groups -OCH3 is 1. The van der Waals surface area contributed by atoms with Crippen molar-refractivity contribution in [2.75, 3.05) is 13.7 Å². The molecule has 1 N–H and O–H groups in total. The maximum absolute atomic E-state index is 5.22. The summed E-state index contributed by atoms with van der Waals surface area (Å²) >= 11 is 0. The maximum atomic E-state index is 5.22. The predicted molar refractivity (Wildman–Crippen MR) is 64.3 cm³/mol. The van der Waals surface area contributed by atoms with Crippen LogP contribution in [0.2, 0.25) is 0 Å². The Labute approximate surface area is 99.8 Å². The summed E-state index contributed by atoms with van der Waals surface area (Å²) in [6, 6.07) is 4.37. The molecule has 0 radical (unpaired) electrons. The highest BCUT2D eigenvalue weighted by molar-refractivity contribution is 5.41. The summed E-state index contributed by atoms with van der Waals surface area (Å²) in [4.78, 5) is 0. The number of ether oxygens (including phenoxy) is 1. The Morgan fingerprint density at radius 1 is 1.47 bits per heavy atom. The lowest BCUT2D eigenvalue weighted by Gasteiger charge is -2.08. The molecule has 0 saturated carbocycles. The standard InChI is InChI=1S/C12H16N4O/c1-17-10-4-5-11-14-15-12(16(11)8-10)7-9-3-2-6-13-9/h4-5,8-9,13H,2-3,6-7H2,1H3. The first-order chi connectivity index (χ1) is 8.36. The van der Waals surface area contributed by atoms with Gasteiger partial charge in [0.1, 0.15) is 11.6 Å². The number of pyridine rings is 1. The van der Waals surface area contributed by atoms with Crippen molar-refractivity contribution in [2.24, 2.45) is 0 Å². The number of aromatic nitrogens is 3. The molecule has 1 saturated heterocycles. The first kappa shape index (κ1) is 10.5. The molecule has 1 aliphatic rings. The van der Waals surface area contributed by atoms with E-state index in [1.165, 1.54) is 12.8 Å². The van der Waals surface area contributed by atoms with Crippen molar-refractivity contribution in [1.82, 2.24) is 19.9 Å². The Bertz CT molecular complexity index is 516. The minimum atomic E-state index is 0.536. The van der Waals surface area contributed by atoms with Crippen LogP contribution in [-0.4, -0.2) is 34.3 Å². The smallest absolute Gasteiger partial charge is 0.161 e. The van der Waals surface area contributed by atoms with Gasteiger partial charge in [0.15, 0.2) is 5.65 Å². The van der Waals surface area contributed by atoms with E-state index < -0.39 is 0 Å². The molecule has 1 atom stereocenters. The summed E-state index contributed by atoms with van der Waals surface area (Å²) in [5, 5.41) is 11.9. The molecule has 3 rings (SSSR count). The summed E-state index contributed by atoms with van der Waals surface area (Å²) in [6.45, 7) is 1.12. The quantitative estimate of drug-likeness (QED) is 0.859. The fourth-order valence-corrected chi connectivity index (χ4v) is 2.33. The van der Waals surface area contributed by atoms with Gasteiger partial charge in [0.25, 0.3) is 0 Å². The van der Waals surface area contributed by atoms with Gasteiger partial charge in [-0.3, -0.25) is 4.40 Å². The van der Waals surface area contributed by atoms with Crippen molar-refractivity contribution in [3.05, 3.63) is 24.2 Å². The van der Waals surface area contributed by atoms with Gasteiger partial charge in [-0.2, -0.15) is 0 Å². The Kier molecular flexibility index (Phi) is 2.68. The van der Waals surface area contributed by atoms with Crippen LogP contribution in [0.15, 0.2) is 18.3 Å². The summed E-state index contributed by atoms with van der Waals surface area (Å²) in [6.07, 6.45) is 5.34. The Morgan fingerprint density at radius 2 is 2.41 bits per heavy atom. The van der Waals surface area contributed by atoms with E-state index in [-0.39, 0.29) is 0 Å². The van der Waals surface area contributed by atoms with Gasteiger partial charge < -0.3 is 10.1 Å². The fraction of sp³-hybridized carbons (Fsp3) is 0.500. The van der Waals surface area contributed by atoms with Crippen LogP contribution in [0.25, 0.3) is 5.65 Å². The minimum absolute atomic E-state index is 0.536. The first-order valence-electron chi connectivity index (χ1n) is 5.98.